The van der Waals surface area contributed by atoms with Gasteiger partial charge in [0.25, 0.3) is 5.91 Å². The molecule has 1 saturated heterocycles. The number of hydrogen-bond donors (Lipinski definition) is 1. The van der Waals surface area contributed by atoms with Crippen LogP contribution in [0.1, 0.15) is 51.6 Å². The number of rotatable bonds is 7. The molecule has 0 aliphatic carbocycles. The maximum atomic E-state index is 15.1. The molecule has 1 aliphatic heterocycles. The zero-order valence-corrected chi connectivity index (χ0v) is 24.6. The van der Waals surface area contributed by atoms with Crippen molar-refractivity contribution in [3.8, 4) is 11.3 Å². The predicted molar refractivity (Wildman–Crippen MR) is 157 cm³/mol. The molecular formula is C27H29FN8O2P2. The van der Waals surface area contributed by atoms with Crippen LogP contribution in [0.2, 0.25) is 0 Å². The van der Waals surface area contributed by atoms with Gasteiger partial charge in [0.15, 0.2) is 0 Å². The Morgan fingerprint density at radius 3 is 2.67 bits per heavy atom. The number of hydrogen-bond acceptors (Lipinski definition) is 7. The van der Waals surface area contributed by atoms with Crippen molar-refractivity contribution in [1.82, 2.24) is 29.7 Å². The quantitative estimate of drug-likeness (QED) is 0.325. The van der Waals surface area contributed by atoms with Gasteiger partial charge in [0.1, 0.15) is 11.5 Å². The maximum Gasteiger partial charge on any atom is 0.275 e. The molecule has 1 fully saturated rings. The van der Waals surface area contributed by atoms with Gasteiger partial charge in [-0.3, -0.25) is 24.2 Å². The number of carbonyl (C=O) groups excluding carboxylic acids is 2. The molecular weight excluding hydrogens is 549 g/mol. The highest BCUT2D eigenvalue weighted by atomic mass is 31.1. The molecule has 40 heavy (non-hydrogen) atoms. The standard InChI is InChI=1S/C27H29FN8O2P2/c1-14-4-5-19(26(39)40)22(23(14)28)20-10-29-11-21(34-20)24(37)33-18-9-31-35(13-18)12-17-8-30-27(32-16(17)3)36-7-6-15(2)25(36)38/h4-5,8-11,13,15,26H,6-7,12,39-40H2,1-3H3,(H,33,37)/t15-/m1/s1. The molecule has 3 aromatic heterocycles. The summed E-state index contributed by atoms with van der Waals surface area (Å²) >= 11 is 0. The van der Waals surface area contributed by atoms with Gasteiger partial charge in [-0.1, -0.05) is 19.1 Å². The van der Waals surface area contributed by atoms with Crippen LogP contribution in [0.15, 0.2) is 43.1 Å². The fourth-order valence-corrected chi connectivity index (χ4v) is 5.05. The summed E-state index contributed by atoms with van der Waals surface area (Å²) in [6.07, 6.45) is 8.48. The van der Waals surface area contributed by atoms with Crippen LogP contribution in [-0.2, 0) is 11.3 Å². The number of nitrogens with zero attached hydrogens (tertiary/aromatic N) is 7. The summed E-state index contributed by atoms with van der Waals surface area (Å²) in [5.41, 5.74) is 3.88. The first-order valence-electron chi connectivity index (χ1n) is 12.7. The van der Waals surface area contributed by atoms with Crippen LogP contribution in [0.25, 0.3) is 11.3 Å². The predicted octanol–water partition coefficient (Wildman–Crippen LogP) is 4.31. The van der Waals surface area contributed by atoms with Crippen LogP contribution in [-0.4, -0.2) is 48.1 Å². The molecule has 0 bridgehead atoms. The minimum absolute atomic E-state index is 0.0193. The Morgan fingerprint density at radius 2 is 1.98 bits per heavy atom. The van der Waals surface area contributed by atoms with Gasteiger partial charge in [0, 0.05) is 47.1 Å². The Bertz CT molecular complexity index is 1610. The first kappa shape index (κ1) is 27.9. The van der Waals surface area contributed by atoms with Crippen molar-refractivity contribution in [3.63, 3.8) is 0 Å². The lowest BCUT2D eigenvalue weighted by atomic mass is 10.0. The smallest absolute Gasteiger partial charge is 0.275 e. The van der Waals surface area contributed by atoms with Crippen LogP contribution < -0.4 is 10.2 Å². The second-order valence-electron chi connectivity index (χ2n) is 9.82. The van der Waals surface area contributed by atoms with Gasteiger partial charge in [0.05, 0.1) is 36.5 Å². The van der Waals surface area contributed by atoms with Crippen molar-refractivity contribution in [2.45, 2.75) is 39.1 Å². The van der Waals surface area contributed by atoms with Crippen molar-refractivity contribution >= 4 is 41.9 Å². The van der Waals surface area contributed by atoms with Crippen LogP contribution in [0.4, 0.5) is 16.0 Å². The number of anilines is 2. The molecule has 0 saturated carbocycles. The Hall–Kier alpha value is -3.68. The molecule has 2 unspecified atom stereocenters. The van der Waals surface area contributed by atoms with Crippen molar-refractivity contribution in [3.05, 3.63) is 77.0 Å². The minimum atomic E-state index is -0.495. The lowest BCUT2D eigenvalue weighted by Crippen LogP contribution is -2.28. The van der Waals surface area contributed by atoms with E-state index >= 15 is 4.39 Å². The van der Waals surface area contributed by atoms with E-state index in [-0.39, 0.29) is 28.6 Å². The van der Waals surface area contributed by atoms with Crippen molar-refractivity contribution in [2.75, 3.05) is 16.8 Å². The summed E-state index contributed by atoms with van der Waals surface area (Å²) in [7, 11) is 5.24. The molecule has 1 N–H and O–H groups in total. The van der Waals surface area contributed by atoms with E-state index in [0.29, 0.717) is 35.9 Å². The third-order valence-electron chi connectivity index (χ3n) is 6.86. The molecule has 10 nitrogen and oxygen atoms in total. The van der Waals surface area contributed by atoms with Gasteiger partial charge in [-0.15, -0.1) is 18.5 Å². The topological polar surface area (TPSA) is 119 Å². The van der Waals surface area contributed by atoms with Gasteiger partial charge in [0.2, 0.25) is 11.9 Å². The number of amides is 2. The molecule has 0 spiro atoms. The monoisotopic (exact) mass is 578 g/mol. The Balaban J connectivity index is 1.30. The second-order valence-corrected chi connectivity index (χ2v) is 12.0. The first-order chi connectivity index (χ1) is 19.1. The highest BCUT2D eigenvalue weighted by Gasteiger charge is 2.31. The maximum absolute atomic E-state index is 15.1. The van der Waals surface area contributed by atoms with Gasteiger partial charge in [-0.2, -0.15) is 5.10 Å². The van der Waals surface area contributed by atoms with Crippen LogP contribution >= 0.6 is 18.5 Å². The normalized spacial score (nSPS) is 15.2. The average molecular weight is 579 g/mol. The SMILES string of the molecule is Cc1ccc(C(P)P)c(-c2cncc(C(=O)Nc3cnn(Cc4cnc(N5CC[C@@H](C)C5=O)nc4C)c3)n2)c1F. The van der Waals surface area contributed by atoms with E-state index in [4.69, 9.17) is 0 Å². The van der Waals surface area contributed by atoms with Crippen LogP contribution in [0.5, 0.6) is 0 Å². The van der Waals surface area contributed by atoms with E-state index in [2.05, 4.69) is 48.8 Å². The lowest BCUT2D eigenvalue weighted by molar-refractivity contribution is -0.119. The molecule has 206 valence electrons. The van der Waals surface area contributed by atoms with E-state index in [1.807, 2.05) is 19.9 Å². The van der Waals surface area contributed by atoms with E-state index in [1.165, 1.54) is 18.6 Å². The minimum Gasteiger partial charge on any atom is -0.318 e. The van der Waals surface area contributed by atoms with Gasteiger partial charge in [-0.05, 0) is 31.4 Å². The number of aryl methyl sites for hydroxylation is 2. The third-order valence-corrected chi connectivity index (χ3v) is 7.57. The molecule has 3 atom stereocenters. The van der Waals surface area contributed by atoms with Crippen molar-refractivity contribution in [2.24, 2.45) is 5.92 Å². The third kappa shape index (κ3) is 5.62. The number of aromatic nitrogens is 6. The molecule has 13 heteroatoms. The second kappa shape index (κ2) is 11.4. The van der Waals surface area contributed by atoms with Gasteiger partial charge >= 0.3 is 0 Å². The molecule has 5 rings (SSSR count). The number of halogens is 1. The van der Waals surface area contributed by atoms with E-state index in [0.717, 1.165) is 23.2 Å². The Kier molecular flexibility index (Phi) is 7.97. The lowest BCUT2D eigenvalue weighted by Gasteiger charge is -2.15. The van der Waals surface area contributed by atoms with Crippen molar-refractivity contribution < 1.29 is 14.0 Å². The highest BCUT2D eigenvalue weighted by molar-refractivity contribution is 7.37. The highest BCUT2D eigenvalue weighted by Crippen LogP contribution is 2.38. The fourth-order valence-electron chi connectivity index (χ4n) is 4.50. The summed E-state index contributed by atoms with van der Waals surface area (Å²) in [6, 6.07) is 3.56. The Labute approximate surface area is 235 Å². The first-order valence-corrected chi connectivity index (χ1v) is 14.1. The van der Waals surface area contributed by atoms with Crippen LogP contribution in [0, 0.1) is 25.6 Å². The molecule has 4 aromatic rings. The summed E-state index contributed by atoms with van der Waals surface area (Å²) in [5, 5.41) is 7.00. The molecule has 1 aliphatic rings. The van der Waals surface area contributed by atoms with Gasteiger partial charge < -0.3 is 5.32 Å². The van der Waals surface area contributed by atoms with E-state index < -0.39 is 11.7 Å². The number of carbonyl (C=O) groups is 2. The zero-order valence-electron chi connectivity index (χ0n) is 22.3. The van der Waals surface area contributed by atoms with E-state index in [9.17, 15) is 9.59 Å². The molecule has 4 heterocycles. The number of nitrogens with one attached hydrogen (secondary N) is 1. The average Bonchev–Trinajstić information content (AvgIpc) is 3.51. The van der Waals surface area contributed by atoms with Crippen molar-refractivity contribution in [1.29, 1.82) is 0 Å². The summed E-state index contributed by atoms with van der Waals surface area (Å²) in [4.78, 5) is 44.4. The molecule has 2 amide bonds. The van der Waals surface area contributed by atoms with Crippen LogP contribution in [0.3, 0.4) is 0 Å². The fraction of sp³-hybridized carbons (Fsp3) is 0.296. The summed E-state index contributed by atoms with van der Waals surface area (Å²) < 4.78 is 16.8. The van der Waals surface area contributed by atoms with E-state index in [1.54, 1.807) is 35.0 Å². The molecule has 0 radical (unpaired) electrons. The largest absolute Gasteiger partial charge is 0.318 e. The summed E-state index contributed by atoms with van der Waals surface area (Å²) in [6.45, 7) is 6.45. The van der Waals surface area contributed by atoms with Gasteiger partial charge in [-0.25, -0.2) is 19.3 Å². The summed E-state index contributed by atoms with van der Waals surface area (Å²) in [5.74, 6) is -0.457. The Morgan fingerprint density at radius 1 is 1.18 bits per heavy atom. The molecule has 1 aromatic carbocycles. The number of benzene rings is 1. The zero-order chi connectivity index (χ0) is 28.6.